The van der Waals surface area contributed by atoms with Crippen LogP contribution in [0.15, 0.2) is 40.5 Å². The third kappa shape index (κ3) is 2.85. The van der Waals surface area contributed by atoms with Gasteiger partial charge in [-0.05, 0) is 37.7 Å². The average molecular weight is 308 g/mol. The van der Waals surface area contributed by atoms with Crippen molar-refractivity contribution in [2.24, 2.45) is 4.99 Å². The van der Waals surface area contributed by atoms with E-state index in [2.05, 4.69) is 36.5 Å². The Morgan fingerprint density at radius 2 is 1.87 bits per heavy atom. The second-order valence-electron chi connectivity index (χ2n) is 7.21. The molecule has 0 saturated heterocycles. The lowest BCUT2D eigenvalue weighted by molar-refractivity contribution is -0.115. The first kappa shape index (κ1) is 14.7. The van der Waals surface area contributed by atoms with Gasteiger partial charge >= 0.3 is 0 Å². The van der Waals surface area contributed by atoms with Crippen molar-refractivity contribution in [3.05, 3.63) is 46.7 Å². The number of rotatable bonds is 1. The second kappa shape index (κ2) is 5.95. The zero-order valence-electron chi connectivity index (χ0n) is 13.7. The molecule has 3 unspecified atom stereocenters. The van der Waals surface area contributed by atoms with Crippen molar-refractivity contribution < 1.29 is 4.79 Å². The fraction of sp³-hybridized carbons (Fsp3) is 0.500. The Labute approximate surface area is 137 Å². The van der Waals surface area contributed by atoms with Crippen LogP contribution in [0.25, 0.3) is 0 Å². The largest absolute Gasteiger partial charge is 0.383 e. The Kier molecular flexibility index (Phi) is 3.80. The van der Waals surface area contributed by atoms with Crippen LogP contribution in [-0.2, 0) is 4.79 Å². The Bertz CT molecular complexity index is 671. The van der Waals surface area contributed by atoms with Crippen molar-refractivity contribution in [2.45, 2.75) is 63.5 Å². The summed E-state index contributed by atoms with van der Waals surface area (Å²) in [5.74, 6) is 0.537. The molecule has 0 spiro atoms. The summed E-state index contributed by atoms with van der Waals surface area (Å²) in [6.07, 6.45) is 8.23. The van der Waals surface area contributed by atoms with E-state index in [0.717, 1.165) is 24.1 Å². The van der Waals surface area contributed by atoms with Gasteiger partial charge in [0.2, 0.25) is 0 Å². The fourth-order valence-electron chi connectivity index (χ4n) is 4.14. The van der Waals surface area contributed by atoms with E-state index in [1.807, 2.05) is 6.21 Å². The van der Waals surface area contributed by atoms with Crippen LogP contribution in [0.2, 0.25) is 0 Å². The maximum absolute atomic E-state index is 12.6. The number of carbonyl (C=O) groups is 1. The molecule has 1 N–H and O–H groups in total. The first-order valence-electron chi connectivity index (χ1n) is 8.83. The van der Waals surface area contributed by atoms with Crippen LogP contribution in [-0.4, -0.2) is 24.1 Å². The van der Waals surface area contributed by atoms with Crippen molar-refractivity contribution in [3.63, 3.8) is 0 Å². The van der Waals surface area contributed by atoms with Crippen LogP contribution in [0.1, 0.15) is 55.6 Å². The molecule has 3 atom stereocenters. The normalized spacial score (nSPS) is 30.3. The SMILES string of the molecule is Cc1ccc(C2CC(=O)C3=C(C2)NC2CCCCC2N=C3)cc1. The molecule has 1 fully saturated rings. The smallest absolute Gasteiger partial charge is 0.166 e. The van der Waals surface area contributed by atoms with Gasteiger partial charge in [0, 0.05) is 24.4 Å². The first-order valence-corrected chi connectivity index (χ1v) is 8.83. The molecule has 1 aromatic carbocycles. The van der Waals surface area contributed by atoms with E-state index < -0.39 is 0 Å². The van der Waals surface area contributed by atoms with E-state index in [1.165, 1.54) is 30.4 Å². The van der Waals surface area contributed by atoms with Crippen molar-refractivity contribution >= 4 is 12.0 Å². The molecule has 0 radical (unpaired) electrons. The van der Waals surface area contributed by atoms with Gasteiger partial charge in [-0.2, -0.15) is 0 Å². The number of aryl methyl sites for hydroxylation is 1. The summed E-state index contributed by atoms with van der Waals surface area (Å²) in [4.78, 5) is 17.4. The van der Waals surface area contributed by atoms with Crippen molar-refractivity contribution in [3.8, 4) is 0 Å². The molecule has 3 heteroatoms. The molecule has 0 bridgehead atoms. The lowest BCUT2D eigenvalue weighted by Crippen LogP contribution is -2.41. The van der Waals surface area contributed by atoms with Gasteiger partial charge in [-0.1, -0.05) is 42.7 Å². The number of aliphatic imine (C=N–C) groups is 1. The molecule has 1 aromatic rings. The number of benzene rings is 1. The first-order chi connectivity index (χ1) is 11.2. The summed E-state index contributed by atoms with van der Waals surface area (Å²) < 4.78 is 0. The second-order valence-corrected chi connectivity index (χ2v) is 7.21. The maximum atomic E-state index is 12.6. The zero-order valence-corrected chi connectivity index (χ0v) is 13.7. The standard InChI is InChI=1S/C20H24N2O/c1-13-6-8-14(9-7-13)15-10-19-16(20(23)11-15)12-21-17-4-2-3-5-18(17)22-19/h6-9,12,15,17-18,22H,2-5,10-11H2,1H3. The van der Waals surface area contributed by atoms with Crippen LogP contribution in [0.5, 0.6) is 0 Å². The van der Waals surface area contributed by atoms with E-state index in [4.69, 9.17) is 4.99 Å². The molecular formula is C20H24N2O. The van der Waals surface area contributed by atoms with Crippen LogP contribution in [0, 0.1) is 6.92 Å². The maximum Gasteiger partial charge on any atom is 0.166 e. The minimum atomic E-state index is 0.242. The average Bonchev–Trinajstić information content (AvgIpc) is 2.74. The fourth-order valence-corrected chi connectivity index (χ4v) is 4.14. The molecule has 2 aliphatic carbocycles. The van der Waals surface area contributed by atoms with E-state index in [9.17, 15) is 4.79 Å². The monoisotopic (exact) mass is 308 g/mol. The molecule has 1 saturated carbocycles. The molecule has 23 heavy (non-hydrogen) atoms. The number of allylic oxidation sites excluding steroid dienone is 2. The lowest BCUT2D eigenvalue weighted by Gasteiger charge is -2.32. The lowest BCUT2D eigenvalue weighted by atomic mass is 9.81. The summed E-state index contributed by atoms with van der Waals surface area (Å²) in [6.45, 7) is 2.10. The van der Waals surface area contributed by atoms with Gasteiger partial charge in [0.25, 0.3) is 0 Å². The number of nitrogens with one attached hydrogen (secondary N) is 1. The third-order valence-electron chi connectivity index (χ3n) is 5.54. The molecule has 0 aromatic heterocycles. The van der Waals surface area contributed by atoms with Gasteiger partial charge in [0.15, 0.2) is 5.78 Å². The number of hydrogen-bond donors (Lipinski definition) is 1. The Morgan fingerprint density at radius 3 is 2.70 bits per heavy atom. The van der Waals surface area contributed by atoms with Gasteiger partial charge in [0.1, 0.15) is 0 Å². The quantitative estimate of drug-likeness (QED) is 0.860. The highest BCUT2D eigenvalue weighted by Crippen LogP contribution is 2.35. The summed E-state index contributed by atoms with van der Waals surface area (Å²) in [5, 5.41) is 3.70. The Balaban J connectivity index is 1.61. The molecule has 120 valence electrons. The van der Waals surface area contributed by atoms with Gasteiger partial charge in [-0.3, -0.25) is 9.79 Å². The highest BCUT2D eigenvalue weighted by atomic mass is 16.1. The highest BCUT2D eigenvalue weighted by Gasteiger charge is 2.33. The minimum absolute atomic E-state index is 0.242. The summed E-state index contributed by atoms with van der Waals surface area (Å²) in [7, 11) is 0. The van der Waals surface area contributed by atoms with Gasteiger partial charge in [0.05, 0.1) is 11.6 Å². The number of Topliss-reactive ketones (excluding diaryl/α,β-unsaturated/α-hetero) is 1. The van der Waals surface area contributed by atoms with Crippen LogP contribution in [0.4, 0.5) is 0 Å². The Hall–Kier alpha value is -1.90. The molecule has 1 aliphatic heterocycles. The molecule has 4 rings (SSSR count). The molecule has 1 heterocycles. The van der Waals surface area contributed by atoms with Gasteiger partial charge in [-0.15, -0.1) is 0 Å². The molecule has 3 aliphatic rings. The molecule has 3 nitrogen and oxygen atoms in total. The summed E-state index contributed by atoms with van der Waals surface area (Å²) in [5.41, 5.74) is 4.51. The number of hydrogen-bond acceptors (Lipinski definition) is 3. The van der Waals surface area contributed by atoms with Crippen molar-refractivity contribution in [2.75, 3.05) is 0 Å². The molecule has 0 amide bonds. The van der Waals surface area contributed by atoms with E-state index in [0.29, 0.717) is 24.4 Å². The van der Waals surface area contributed by atoms with E-state index in [1.54, 1.807) is 0 Å². The van der Waals surface area contributed by atoms with Crippen molar-refractivity contribution in [1.82, 2.24) is 5.32 Å². The predicted molar refractivity (Wildman–Crippen MR) is 92.9 cm³/mol. The predicted octanol–water partition coefficient (Wildman–Crippen LogP) is 3.68. The number of fused-ring (bicyclic) bond motifs is 1. The van der Waals surface area contributed by atoms with Crippen molar-refractivity contribution in [1.29, 1.82) is 0 Å². The van der Waals surface area contributed by atoms with E-state index >= 15 is 0 Å². The van der Waals surface area contributed by atoms with Gasteiger partial charge in [-0.25, -0.2) is 0 Å². The van der Waals surface area contributed by atoms with Crippen LogP contribution < -0.4 is 5.32 Å². The Morgan fingerprint density at radius 1 is 1.09 bits per heavy atom. The topological polar surface area (TPSA) is 41.5 Å². The van der Waals surface area contributed by atoms with Crippen LogP contribution in [0.3, 0.4) is 0 Å². The highest BCUT2D eigenvalue weighted by molar-refractivity contribution is 6.15. The number of nitrogens with zero attached hydrogens (tertiary/aromatic N) is 1. The zero-order chi connectivity index (χ0) is 15.8. The minimum Gasteiger partial charge on any atom is -0.383 e. The van der Waals surface area contributed by atoms with E-state index in [-0.39, 0.29) is 5.78 Å². The third-order valence-corrected chi connectivity index (χ3v) is 5.54. The number of ketones is 1. The molecular weight excluding hydrogens is 284 g/mol. The van der Waals surface area contributed by atoms with Gasteiger partial charge < -0.3 is 5.32 Å². The summed E-state index contributed by atoms with van der Waals surface area (Å²) >= 11 is 0. The van der Waals surface area contributed by atoms with Crippen LogP contribution >= 0.6 is 0 Å². The summed E-state index contributed by atoms with van der Waals surface area (Å²) in [6, 6.07) is 9.39. The number of carbonyl (C=O) groups excluding carboxylic acids is 1.